The summed E-state index contributed by atoms with van der Waals surface area (Å²) in [6.07, 6.45) is 10.8. The molecule has 0 spiro atoms. The monoisotopic (exact) mass is 316 g/mol. The SMILES string of the molecule is CCCCCCCC(CCCCCC)OS(=O)(=O)[O-].[Na+]. The summed E-state index contributed by atoms with van der Waals surface area (Å²) in [4.78, 5) is 0. The zero-order valence-corrected chi connectivity index (χ0v) is 16.2. The molecule has 4 nitrogen and oxygen atoms in total. The maximum Gasteiger partial charge on any atom is 1.00 e. The van der Waals surface area contributed by atoms with Crippen molar-refractivity contribution in [2.75, 3.05) is 0 Å². The predicted molar refractivity (Wildman–Crippen MR) is 76.7 cm³/mol. The van der Waals surface area contributed by atoms with E-state index in [4.69, 9.17) is 0 Å². The third-order valence-corrected chi connectivity index (χ3v) is 3.77. The van der Waals surface area contributed by atoms with Crippen LogP contribution in [0.5, 0.6) is 0 Å². The first-order chi connectivity index (χ1) is 8.99. The zero-order chi connectivity index (χ0) is 14.6. The molecule has 1 unspecified atom stereocenters. The Hall–Kier alpha value is 0.870. The Morgan fingerprint density at radius 1 is 0.850 bits per heavy atom. The molecule has 0 N–H and O–H groups in total. The average Bonchev–Trinajstić information content (AvgIpc) is 2.32. The maximum atomic E-state index is 10.7. The summed E-state index contributed by atoms with van der Waals surface area (Å²) in [5, 5.41) is 0. The van der Waals surface area contributed by atoms with E-state index < -0.39 is 16.5 Å². The molecule has 0 radical (unpaired) electrons. The Balaban J connectivity index is 0. The van der Waals surface area contributed by atoms with Gasteiger partial charge < -0.3 is 4.55 Å². The predicted octanol–water partition coefficient (Wildman–Crippen LogP) is 1.17. The van der Waals surface area contributed by atoms with Crippen LogP contribution in [0.1, 0.15) is 84.5 Å². The Bertz CT molecular complexity index is 294. The minimum Gasteiger partial charge on any atom is -0.726 e. The van der Waals surface area contributed by atoms with Crippen LogP contribution in [-0.2, 0) is 14.6 Å². The van der Waals surface area contributed by atoms with Crippen LogP contribution < -0.4 is 29.6 Å². The van der Waals surface area contributed by atoms with Crippen molar-refractivity contribution in [2.24, 2.45) is 0 Å². The van der Waals surface area contributed by atoms with E-state index in [9.17, 15) is 13.0 Å². The molecule has 0 amide bonds. The van der Waals surface area contributed by atoms with Gasteiger partial charge in [0.05, 0.1) is 6.10 Å². The van der Waals surface area contributed by atoms with Crippen LogP contribution in [-0.4, -0.2) is 19.1 Å². The smallest absolute Gasteiger partial charge is 0.726 e. The van der Waals surface area contributed by atoms with E-state index >= 15 is 0 Å². The summed E-state index contributed by atoms with van der Waals surface area (Å²) in [5.41, 5.74) is 0. The molecule has 20 heavy (non-hydrogen) atoms. The number of hydrogen-bond donors (Lipinski definition) is 0. The van der Waals surface area contributed by atoms with Gasteiger partial charge in [0.25, 0.3) is 0 Å². The molecule has 0 bridgehead atoms. The Morgan fingerprint density at radius 3 is 1.65 bits per heavy atom. The van der Waals surface area contributed by atoms with Gasteiger partial charge >= 0.3 is 29.6 Å². The molecule has 0 aromatic rings. The minimum atomic E-state index is -4.56. The van der Waals surface area contributed by atoms with E-state index in [1.54, 1.807) is 0 Å². The van der Waals surface area contributed by atoms with Crippen molar-refractivity contribution in [3.8, 4) is 0 Å². The molecule has 1 atom stereocenters. The molecule has 0 aromatic heterocycles. The second kappa shape index (κ2) is 14.8. The van der Waals surface area contributed by atoms with Crippen molar-refractivity contribution in [3.05, 3.63) is 0 Å². The van der Waals surface area contributed by atoms with E-state index in [1.165, 1.54) is 19.3 Å². The van der Waals surface area contributed by atoms with Crippen LogP contribution in [0.25, 0.3) is 0 Å². The summed E-state index contributed by atoms with van der Waals surface area (Å²) in [5.74, 6) is 0. The van der Waals surface area contributed by atoms with Crippen LogP contribution in [0.3, 0.4) is 0 Å². The van der Waals surface area contributed by atoms with Crippen molar-refractivity contribution >= 4 is 10.4 Å². The van der Waals surface area contributed by atoms with E-state index in [2.05, 4.69) is 18.0 Å². The van der Waals surface area contributed by atoms with Gasteiger partial charge in [0.15, 0.2) is 0 Å². The molecule has 0 saturated carbocycles. The normalized spacial score (nSPS) is 12.9. The fourth-order valence-corrected chi connectivity index (χ4v) is 2.71. The number of unbranched alkanes of at least 4 members (excludes halogenated alkanes) is 7. The second-order valence-corrected chi connectivity index (χ2v) is 6.19. The molecule has 0 aliphatic heterocycles. The third-order valence-electron chi connectivity index (χ3n) is 3.26. The molecule has 0 aliphatic rings. The molecule has 0 saturated heterocycles. The standard InChI is InChI=1S/C14H30O4S.Na/c1-3-5-7-9-11-13-14(18-19(15,16)17)12-10-8-6-4-2;/h14H,3-13H2,1-2H3,(H,15,16,17);/q;+1/p-1. The van der Waals surface area contributed by atoms with Gasteiger partial charge in [-0.05, 0) is 12.8 Å². The van der Waals surface area contributed by atoms with Crippen molar-refractivity contribution in [1.82, 2.24) is 0 Å². The summed E-state index contributed by atoms with van der Waals surface area (Å²) in [6, 6.07) is 0. The molecule has 6 heteroatoms. The summed E-state index contributed by atoms with van der Waals surface area (Å²) in [6.45, 7) is 4.29. The van der Waals surface area contributed by atoms with Gasteiger partial charge in [-0.2, -0.15) is 0 Å². The number of hydrogen-bond acceptors (Lipinski definition) is 4. The quantitative estimate of drug-likeness (QED) is 0.221. The van der Waals surface area contributed by atoms with Gasteiger partial charge in [-0.15, -0.1) is 0 Å². The Morgan fingerprint density at radius 2 is 1.25 bits per heavy atom. The maximum absolute atomic E-state index is 10.7. The summed E-state index contributed by atoms with van der Waals surface area (Å²) < 4.78 is 36.7. The minimum absolute atomic E-state index is 0. The third kappa shape index (κ3) is 16.9. The van der Waals surface area contributed by atoms with Crippen molar-refractivity contribution < 1.29 is 46.7 Å². The molecular formula is C14H29NaO4S. The van der Waals surface area contributed by atoms with Gasteiger partial charge in [-0.3, -0.25) is 4.18 Å². The van der Waals surface area contributed by atoms with Crippen molar-refractivity contribution in [2.45, 2.75) is 90.6 Å². The number of rotatable bonds is 13. The first-order valence-electron chi connectivity index (χ1n) is 7.63. The van der Waals surface area contributed by atoms with Gasteiger partial charge in [0.1, 0.15) is 0 Å². The Labute approximate surface area is 147 Å². The van der Waals surface area contributed by atoms with Crippen molar-refractivity contribution in [1.29, 1.82) is 0 Å². The van der Waals surface area contributed by atoms with Crippen LogP contribution in [0.2, 0.25) is 0 Å². The van der Waals surface area contributed by atoms with Crippen LogP contribution in [0, 0.1) is 0 Å². The van der Waals surface area contributed by atoms with Gasteiger partial charge in [-0.25, -0.2) is 8.42 Å². The molecule has 0 aliphatic carbocycles. The average molecular weight is 316 g/mol. The Kier molecular flexibility index (Phi) is 17.1. The molecular weight excluding hydrogens is 287 g/mol. The topological polar surface area (TPSA) is 66.4 Å². The first kappa shape index (κ1) is 23.1. The fraction of sp³-hybridized carbons (Fsp3) is 1.00. The summed E-state index contributed by atoms with van der Waals surface area (Å²) >= 11 is 0. The second-order valence-electron chi connectivity index (χ2n) is 5.18. The van der Waals surface area contributed by atoms with E-state index in [0.29, 0.717) is 12.8 Å². The van der Waals surface area contributed by atoms with E-state index in [0.717, 1.165) is 38.5 Å². The molecule has 0 aromatic carbocycles. The first-order valence-corrected chi connectivity index (χ1v) is 8.97. The molecule has 116 valence electrons. The fourth-order valence-electron chi connectivity index (χ4n) is 2.18. The molecule has 0 fully saturated rings. The van der Waals surface area contributed by atoms with E-state index in [1.807, 2.05) is 0 Å². The van der Waals surface area contributed by atoms with Gasteiger partial charge in [0.2, 0.25) is 10.4 Å². The zero-order valence-electron chi connectivity index (χ0n) is 13.4. The van der Waals surface area contributed by atoms with Crippen LogP contribution >= 0.6 is 0 Å². The largest absolute Gasteiger partial charge is 1.00 e. The van der Waals surface area contributed by atoms with Crippen molar-refractivity contribution in [3.63, 3.8) is 0 Å². The van der Waals surface area contributed by atoms with Gasteiger partial charge in [-0.1, -0.05) is 71.6 Å². The molecule has 0 heterocycles. The van der Waals surface area contributed by atoms with E-state index in [-0.39, 0.29) is 29.6 Å². The van der Waals surface area contributed by atoms with Crippen LogP contribution in [0.4, 0.5) is 0 Å². The van der Waals surface area contributed by atoms with Crippen LogP contribution in [0.15, 0.2) is 0 Å². The summed E-state index contributed by atoms with van der Waals surface area (Å²) in [7, 11) is -4.56. The van der Waals surface area contributed by atoms with Gasteiger partial charge in [0, 0.05) is 0 Å². The molecule has 0 rings (SSSR count).